The average molecular weight is 230 g/mol. The van der Waals surface area contributed by atoms with E-state index in [1.54, 1.807) is 36.1 Å². The summed E-state index contributed by atoms with van der Waals surface area (Å²) in [5, 5.41) is 6.80. The molecule has 1 aromatic carbocycles. The van der Waals surface area contributed by atoms with Gasteiger partial charge < -0.3 is 11.1 Å². The van der Waals surface area contributed by atoms with Crippen LogP contribution < -0.4 is 11.1 Å². The van der Waals surface area contributed by atoms with Crippen molar-refractivity contribution in [2.75, 3.05) is 5.32 Å². The van der Waals surface area contributed by atoms with Crippen molar-refractivity contribution >= 4 is 11.7 Å². The van der Waals surface area contributed by atoms with Crippen molar-refractivity contribution < 1.29 is 4.79 Å². The fraction of sp³-hybridized carbons (Fsp3) is 0.167. The van der Waals surface area contributed by atoms with E-state index < -0.39 is 0 Å². The third-order valence-electron chi connectivity index (χ3n) is 2.38. The second kappa shape index (κ2) is 4.80. The number of rotatable bonds is 3. The largest absolute Gasteiger partial charge is 0.326 e. The highest BCUT2D eigenvalue weighted by atomic mass is 16.1. The minimum Gasteiger partial charge on any atom is -0.326 e. The van der Waals surface area contributed by atoms with Gasteiger partial charge in [0.15, 0.2) is 5.82 Å². The van der Waals surface area contributed by atoms with Gasteiger partial charge in [-0.15, -0.1) is 0 Å². The number of hydrogen-bond acceptors (Lipinski definition) is 3. The zero-order valence-corrected chi connectivity index (χ0v) is 9.55. The van der Waals surface area contributed by atoms with E-state index in [0.29, 0.717) is 17.9 Å². The Hall–Kier alpha value is -2.14. The summed E-state index contributed by atoms with van der Waals surface area (Å²) in [4.78, 5) is 11.9. The minimum atomic E-state index is -0.181. The predicted molar refractivity (Wildman–Crippen MR) is 65.5 cm³/mol. The van der Waals surface area contributed by atoms with Crippen LogP contribution in [0.1, 0.15) is 15.9 Å². The summed E-state index contributed by atoms with van der Waals surface area (Å²) in [5.74, 6) is 0.356. The number of nitrogens with zero attached hydrogens (tertiary/aromatic N) is 2. The SMILES string of the molecule is Cn1ccc(NC(=O)c2cccc(CN)c2)n1. The van der Waals surface area contributed by atoms with Crippen LogP contribution in [0.5, 0.6) is 0 Å². The second-order valence-corrected chi connectivity index (χ2v) is 3.73. The summed E-state index contributed by atoms with van der Waals surface area (Å²) in [6.45, 7) is 0.421. The maximum absolute atomic E-state index is 11.9. The molecule has 0 atom stereocenters. The maximum atomic E-state index is 11.9. The standard InChI is InChI=1S/C12H14N4O/c1-16-6-5-11(15-16)14-12(17)10-4-2-3-9(7-10)8-13/h2-7H,8,13H2,1H3,(H,14,15,17). The van der Waals surface area contributed by atoms with E-state index in [2.05, 4.69) is 10.4 Å². The molecule has 3 N–H and O–H groups in total. The third-order valence-corrected chi connectivity index (χ3v) is 2.38. The molecule has 17 heavy (non-hydrogen) atoms. The zero-order valence-electron chi connectivity index (χ0n) is 9.55. The molecule has 0 radical (unpaired) electrons. The summed E-state index contributed by atoms with van der Waals surface area (Å²) in [6.07, 6.45) is 1.77. The van der Waals surface area contributed by atoms with E-state index in [9.17, 15) is 4.79 Å². The molecule has 5 nitrogen and oxygen atoms in total. The number of nitrogens with one attached hydrogen (secondary N) is 1. The molecule has 1 aromatic heterocycles. The summed E-state index contributed by atoms with van der Waals surface area (Å²) >= 11 is 0. The molecule has 0 aliphatic carbocycles. The molecule has 1 amide bonds. The molecule has 0 spiro atoms. The second-order valence-electron chi connectivity index (χ2n) is 3.73. The first-order valence-corrected chi connectivity index (χ1v) is 5.29. The normalized spacial score (nSPS) is 10.2. The highest BCUT2D eigenvalue weighted by Gasteiger charge is 2.07. The number of carbonyl (C=O) groups is 1. The van der Waals surface area contributed by atoms with Crippen LogP contribution in [-0.4, -0.2) is 15.7 Å². The van der Waals surface area contributed by atoms with Crippen molar-refractivity contribution in [3.8, 4) is 0 Å². The molecule has 1 heterocycles. The van der Waals surface area contributed by atoms with Crippen LogP contribution in [0.3, 0.4) is 0 Å². The molecule has 0 bridgehead atoms. The first-order valence-electron chi connectivity index (χ1n) is 5.29. The summed E-state index contributed by atoms with van der Waals surface area (Å²) < 4.78 is 1.63. The molecular weight excluding hydrogens is 216 g/mol. The molecule has 0 saturated heterocycles. The van der Waals surface area contributed by atoms with Crippen LogP contribution in [0.25, 0.3) is 0 Å². The summed E-state index contributed by atoms with van der Waals surface area (Å²) in [6, 6.07) is 8.97. The van der Waals surface area contributed by atoms with E-state index in [0.717, 1.165) is 5.56 Å². The van der Waals surface area contributed by atoms with E-state index in [4.69, 9.17) is 5.73 Å². The molecule has 5 heteroatoms. The van der Waals surface area contributed by atoms with Crippen LogP contribution in [-0.2, 0) is 13.6 Å². The van der Waals surface area contributed by atoms with Gasteiger partial charge in [0.2, 0.25) is 0 Å². The number of nitrogens with two attached hydrogens (primary N) is 1. The molecule has 0 aliphatic heterocycles. The number of carbonyl (C=O) groups excluding carboxylic acids is 1. The highest BCUT2D eigenvalue weighted by Crippen LogP contribution is 2.08. The Balaban J connectivity index is 2.14. The Kier molecular flexibility index (Phi) is 3.20. The van der Waals surface area contributed by atoms with Gasteiger partial charge in [0.05, 0.1) is 0 Å². The van der Waals surface area contributed by atoms with Gasteiger partial charge >= 0.3 is 0 Å². The molecule has 0 fully saturated rings. The molecule has 0 saturated carbocycles. The van der Waals surface area contributed by atoms with Crippen LogP contribution in [0.2, 0.25) is 0 Å². The van der Waals surface area contributed by atoms with Crippen molar-refractivity contribution in [3.63, 3.8) is 0 Å². The zero-order chi connectivity index (χ0) is 12.3. The first kappa shape index (κ1) is 11.3. The number of aromatic nitrogens is 2. The van der Waals surface area contributed by atoms with E-state index in [1.165, 1.54) is 0 Å². The number of hydrogen-bond donors (Lipinski definition) is 2. The monoisotopic (exact) mass is 230 g/mol. The van der Waals surface area contributed by atoms with Gasteiger partial charge in [0.25, 0.3) is 5.91 Å². The molecular formula is C12H14N4O. The van der Waals surface area contributed by atoms with Crippen molar-refractivity contribution in [3.05, 3.63) is 47.7 Å². The lowest BCUT2D eigenvalue weighted by Crippen LogP contribution is -2.13. The van der Waals surface area contributed by atoms with E-state index >= 15 is 0 Å². The lowest BCUT2D eigenvalue weighted by molar-refractivity contribution is 0.102. The van der Waals surface area contributed by atoms with Crippen molar-refractivity contribution in [2.24, 2.45) is 12.8 Å². The Bertz CT molecular complexity index is 533. The molecule has 0 unspecified atom stereocenters. The van der Waals surface area contributed by atoms with Crippen molar-refractivity contribution in [1.29, 1.82) is 0 Å². The van der Waals surface area contributed by atoms with Crippen LogP contribution >= 0.6 is 0 Å². The fourth-order valence-corrected chi connectivity index (χ4v) is 1.51. The molecule has 2 aromatic rings. The third kappa shape index (κ3) is 2.70. The average Bonchev–Trinajstić information content (AvgIpc) is 2.75. The number of amides is 1. The van der Waals surface area contributed by atoms with Crippen molar-refractivity contribution in [1.82, 2.24) is 9.78 Å². The topological polar surface area (TPSA) is 72.9 Å². The van der Waals surface area contributed by atoms with E-state index in [-0.39, 0.29) is 5.91 Å². The van der Waals surface area contributed by atoms with Crippen LogP contribution in [0.4, 0.5) is 5.82 Å². The smallest absolute Gasteiger partial charge is 0.256 e. The van der Waals surface area contributed by atoms with E-state index in [1.807, 2.05) is 12.1 Å². The lowest BCUT2D eigenvalue weighted by Gasteiger charge is -2.03. The Morgan fingerprint density at radius 2 is 2.29 bits per heavy atom. The van der Waals surface area contributed by atoms with Gasteiger partial charge in [0.1, 0.15) is 0 Å². The number of aryl methyl sites for hydroxylation is 1. The van der Waals surface area contributed by atoms with Gasteiger partial charge in [-0.3, -0.25) is 9.48 Å². The summed E-state index contributed by atoms with van der Waals surface area (Å²) in [7, 11) is 1.80. The Labute approximate surface area is 99.2 Å². The maximum Gasteiger partial charge on any atom is 0.256 e. The minimum absolute atomic E-state index is 0.181. The quantitative estimate of drug-likeness (QED) is 0.830. The molecule has 88 valence electrons. The fourth-order valence-electron chi connectivity index (χ4n) is 1.51. The molecule has 0 aliphatic rings. The number of benzene rings is 1. The number of anilines is 1. The Morgan fingerprint density at radius 3 is 2.94 bits per heavy atom. The van der Waals surface area contributed by atoms with Gasteiger partial charge in [0, 0.05) is 31.4 Å². The van der Waals surface area contributed by atoms with Gasteiger partial charge in [-0.2, -0.15) is 5.10 Å². The first-order chi connectivity index (χ1) is 8.19. The van der Waals surface area contributed by atoms with Crippen molar-refractivity contribution in [2.45, 2.75) is 6.54 Å². The lowest BCUT2D eigenvalue weighted by atomic mass is 10.1. The molecule has 2 rings (SSSR count). The predicted octanol–water partition coefficient (Wildman–Crippen LogP) is 1.13. The van der Waals surface area contributed by atoms with Crippen LogP contribution in [0, 0.1) is 0 Å². The highest BCUT2D eigenvalue weighted by molar-refractivity contribution is 6.03. The van der Waals surface area contributed by atoms with Crippen LogP contribution in [0.15, 0.2) is 36.5 Å². The summed E-state index contributed by atoms with van der Waals surface area (Å²) in [5.41, 5.74) is 7.04. The van der Waals surface area contributed by atoms with Gasteiger partial charge in [-0.1, -0.05) is 12.1 Å². The van der Waals surface area contributed by atoms with Gasteiger partial charge in [-0.05, 0) is 17.7 Å². The Morgan fingerprint density at radius 1 is 1.47 bits per heavy atom. The van der Waals surface area contributed by atoms with Gasteiger partial charge in [-0.25, -0.2) is 0 Å².